The van der Waals surface area contributed by atoms with Crippen LogP contribution in [0.5, 0.6) is 0 Å². The Hall–Kier alpha value is -1.53. The second kappa shape index (κ2) is 7.57. The van der Waals surface area contributed by atoms with Crippen LogP contribution in [0, 0.1) is 11.7 Å². The summed E-state index contributed by atoms with van der Waals surface area (Å²) in [4.78, 5) is 21.4. The minimum absolute atomic E-state index is 0.110. The minimum atomic E-state index is -0.324. The first-order valence-electron chi connectivity index (χ1n) is 8.72. The Labute approximate surface area is 146 Å². The van der Waals surface area contributed by atoms with Crippen molar-refractivity contribution in [2.24, 2.45) is 5.92 Å². The normalized spacial score (nSPS) is 15.0. The highest BCUT2D eigenvalue weighted by molar-refractivity contribution is 7.22. The van der Waals surface area contributed by atoms with Gasteiger partial charge in [-0.15, -0.1) is 0 Å². The monoisotopic (exact) mass is 349 g/mol. The van der Waals surface area contributed by atoms with Crippen molar-refractivity contribution in [1.82, 2.24) is 9.88 Å². The molecule has 3 rings (SSSR count). The summed E-state index contributed by atoms with van der Waals surface area (Å²) in [5.41, 5.74) is 0.367. The summed E-state index contributed by atoms with van der Waals surface area (Å²) in [6.07, 6.45) is 3.04. The maximum atomic E-state index is 14.0. The zero-order valence-corrected chi connectivity index (χ0v) is 15.1. The average Bonchev–Trinajstić information content (AvgIpc) is 2.95. The molecule has 2 aromatic rings. The van der Waals surface area contributed by atoms with E-state index in [-0.39, 0.29) is 17.6 Å². The summed E-state index contributed by atoms with van der Waals surface area (Å²) in [5.74, 6) is -0.0683. The van der Waals surface area contributed by atoms with Crippen LogP contribution in [-0.2, 0) is 4.79 Å². The first kappa shape index (κ1) is 17.3. The van der Waals surface area contributed by atoms with E-state index in [1.54, 1.807) is 11.0 Å². The lowest BCUT2D eigenvalue weighted by molar-refractivity contribution is -0.124. The molecule has 1 aliphatic carbocycles. The summed E-state index contributed by atoms with van der Waals surface area (Å²) in [6, 6.07) is 4.96. The fourth-order valence-electron chi connectivity index (χ4n) is 2.98. The molecular formula is C18H24FN3OS. The summed E-state index contributed by atoms with van der Waals surface area (Å²) < 4.78 is 14.7. The van der Waals surface area contributed by atoms with Crippen LogP contribution in [-0.4, -0.2) is 42.0 Å². The minimum Gasteiger partial charge on any atom is -0.302 e. The van der Waals surface area contributed by atoms with E-state index in [1.165, 1.54) is 17.4 Å². The third kappa shape index (κ3) is 3.44. The second-order valence-corrected chi connectivity index (χ2v) is 7.24. The number of amides is 1. The molecule has 24 heavy (non-hydrogen) atoms. The van der Waals surface area contributed by atoms with Gasteiger partial charge in [-0.2, -0.15) is 0 Å². The van der Waals surface area contributed by atoms with Gasteiger partial charge in [0.15, 0.2) is 5.13 Å². The molecule has 4 nitrogen and oxygen atoms in total. The van der Waals surface area contributed by atoms with Gasteiger partial charge in [0, 0.05) is 19.0 Å². The van der Waals surface area contributed by atoms with Gasteiger partial charge in [0.2, 0.25) is 5.91 Å². The van der Waals surface area contributed by atoms with E-state index in [1.807, 2.05) is 6.07 Å². The molecule has 1 saturated carbocycles. The quantitative estimate of drug-likeness (QED) is 0.760. The molecular weight excluding hydrogens is 325 g/mol. The Morgan fingerprint density at radius 3 is 2.62 bits per heavy atom. The molecule has 6 heteroatoms. The lowest BCUT2D eigenvalue weighted by Gasteiger charge is -2.31. The van der Waals surface area contributed by atoms with Gasteiger partial charge in [-0.3, -0.25) is 9.69 Å². The van der Waals surface area contributed by atoms with E-state index in [2.05, 4.69) is 23.7 Å². The highest BCUT2D eigenvalue weighted by atomic mass is 32.1. The molecule has 0 aliphatic heterocycles. The van der Waals surface area contributed by atoms with E-state index in [0.717, 1.165) is 43.6 Å². The number of carbonyl (C=O) groups excluding carboxylic acids is 1. The number of benzene rings is 1. The van der Waals surface area contributed by atoms with Gasteiger partial charge in [0.25, 0.3) is 0 Å². The molecule has 1 aromatic heterocycles. The van der Waals surface area contributed by atoms with Crippen LogP contribution in [0.2, 0.25) is 0 Å². The van der Waals surface area contributed by atoms with Crippen molar-refractivity contribution in [2.75, 3.05) is 31.1 Å². The molecule has 0 atom stereocenters. The number of hydrogen-bond donors (Lipinski definition) is 0. The molecule has 1 aliphatic rings. The Balaban J connectivity index is 1.86. The summed E-state index contributed by atoms with van der Waals surface area (Å²) in [6.45, 7) is 7.57. The number of aromatic nitrogens is 1. The lowest BCUT2D eigenvalue weighted by Crippen LogP contribution is -2.43. The molecule has 0 bridgehead atoms. The van der Waals surface area contributed by atoms with E-state index in [0.29, 0.717) is 17.2 Å². The van der Waals surface area contributed by atoms with Crippen LogP contribution in [0.1, 0.15) is 33.1 Å². The maximum absolute atomic E-state index is 14.0. The summed E-state index contributed by atoms with van der Waals surface area (Å²) in [5, 5.41) is 0.624. The van der Waals surface area contributed by atoms with Crippen LogP contribution in [0.4, 0.5) is 9.52 Å². The van der Waals surface area contributed by atoms with Gasteiger partial charge in [0.05, 0.1) is 4.70 Å². The molecule has 1 aromatic carbocycles. The van der Waals surface area contributed by atoms with Crippen LogP contribution in [0.15, 0.2) is 18.2 Å². The van der Waals surface area contributed by atoms with Gasteiger partial charge < -0.3 is 4.90 Å². The Morgan fingerprint density at radius 1 is 1.29 bits per heavy atom. The lowest BCUT2D eigenvalue weighted by atomic mass is 9.84. The number of rotatable bonds is 7. The van der Waals surface area contributed by atoms with Crippen molar-refractivity contribution >= 4 is 32.6 Å². The van der Waals surface area contributed by atoms with Crippen molar-refractivity contribution in [3.8, 4) is 0 Å². The predicted molar refractivity (Wildman–Crippen MR) is 97.1 cm³/mol. The van der Waals surface area contributed by atoms with Gasteiger partial charge in [0.1, 0.15) is 11.3 Å². The number of fused-ring (bicyclic) bond motifs is 1. The van der Waals surface area contributed by atoms with E-state index in [9.17, 15) is 9.18 Å². The molecule has 0 unspecified atom stereocenters. The first-order chi connectivity index (χ1) is 11.6. The van der Waals surface area contributed by atoms with Gasteiger partial charge in [-0.05, 0) is 38.1 Å². The van der Waals surface area contributed by atoms with Crippen LogP contribution in [0.3, 0.4) is 0 Å². The first-order valence-corrected chi connectivity index (χ1v) is 9.54. The Morgan fingerprint density at radius 2 is 2.04 bits per heavy atom. The number of anilines is 1. The molecule has 0 radical (unpaired) electrons. The summed E-state index contributed by atoms with van der Waals surface area (Å²) in [7, 11) is 0. The Bertz CT molecular complexity index is 709. The van der Waals surface area contributed by atoms with E-state index >= 15 is 0 Å². The smallest absolute Gasteiger partial charge is 0.231 e. The van der Waals surface area contributed by atoms with Crippen molar-refractivity contribution in [1.29, 1.82) is 0 Å². The number of likely N-dealkylation sites (N-methyl/N-ethyl adjacent to an activating group) is 1. The molecule has 0 spiro atoms. The van der Waals surface area contributed by atoms with Gasteiger partial charge >= 0.3 is 0 Å². The number of carbonyl (C=O) groups is 1. The number of thiazole rings is 1. The third-order valence-electron chi connectivity index (χ3n) is 4.84. The molecule has 1 heterocycles. The van der Waals surface area contributed by atoms with E-state index in [4.69, 9.17) is 0 Å². The molecule has 0 saturated heterocycles. The SMILES string of the molecule is CCN(CC)CCN(C(=O)C1CCC1)c1nc2c(F)cccc2s1. The third-order valence-corrected chi connectivity index (χ3v) is 5.89. The molecule has 1 fully saturated rings. The van der Waals surface area contributed by atoms with E-state index < -0.39 is 0 Å². The highest BCUT2D eigenvalue weighted by Gasteiger charge is 2.31. The van der Waals surface area contributed by atoms with Crippen LogP contribution < -0.4 is 4.90 Å². The summed E-state index contributed by atoms with van der Waals surface area (Å²) >= 11 is 1.40. The number of halogens is 1. The maximum Gasteiger partial charge on any atom is 0.231 e. The van der Waals surface area contributed by atoms with Crippen molar-refractivity contribution in [3.05, 3.63) is 24.0 Å². The zero-order valence-electron chi connectivity index (χ0n) is 14.3. The van der Waals surface area contributed by atoms with Crippen molar-refractivity contribution < 1.29 is 9.18 Å². The topological polar surface area (TPSA) is 36.4 Å². The fourth-order valence-corrected chi connectivity index (χ4v) is 3.99. The van der Waals surface area contributed by atoms with Crippen molar-refractivity contribution in [3.63, 3.8) is 0 Å². The van der Waals surface area contributed by atoms with Crippen molar-refractivity contribution in [2.45, 2.75) is 33.1 Å². The number of nitrogens with zero attached hydrogens (tertiary/aromatic N) is 3. The predicted octanol–water partition coefficient (Wildman–Crippen LogP) is 3.91. The van der Waals surface area contributed by atoms with Crippen LogP contribution in [0.25, 0.3) is 10.2 Å². The largest absolute Gasteiger partial charge is 0.302 e. The molecule has 1 amide bonds. The second-order valence-electron chi connectivity index (χ2n) is 6.23. The zero-order chi connectivity index (χ0) is 17.1. The van der Waals surface area contributed by atoms with Gasteiger partial charge in [-0.1, -0.05) is 37.7 Å². The van der Waals surface area contributed by atoms with Gasteiger partial charge in [-0.25, -0.2) is 9.37 Å². The molecule has 130 valence electrons. The molecule has 0 N–H and O–H groups in total. The van der Waals surface area contributed by atoms with Crippen LogP contribution >= 0.6 is 11.3 Å². The standard InChI is InChI=1S/C18H24FN3OS/c1-3-21(4-2)11-12-22(17(23)13-7-5-8-13)18-20-16-14(19)9-6-10-15(16)24-18/h6,9-10,13H,3-5,7-8,11-12H2,1-2H3. The Kier molecular flexibility index (Phi) is 5.46. The highest BCUT2D eigenvalue weighted by Crippen LogP contribution is 2.34. The number of para-hydroxylation sites is 1. The number of hydrogen-bond acceptors (Lipinski definition) is 4. The fraction of sp³-hybridized carbons (Fsp3) is 0.556. The average molecular weight is 349 g/mol.